The monoisotopic (exact) mass is 575 g/mol. The predicted octanol–water partition coefficient (Wildman–Crippen LogP) is 7.77. The van der Waals surface area contributed by atoms with Crippen molar-refractivity contribution in [2.45, 2.75) is 57.5 Å². The molecular weight excluding hydrogens is 545 g/mol. The van der Waals surface area contributed by atoms with E-state index in [4.69, 9.17) is 4.74 Å². The van der Waals surface area contributed by atoms with Crippen LogP contribution >= 0.6 is 22.6 Å². The molecule has 0 aromatic heterocycles. The third-order valence-electron chi connectivity index (χ3n) is 7.96. The van der Waals surface area contributed by atoms with E-state index >= 15 is 0 Å². The van der Waals surface area contributed by atoms with E-state index in [2.05, 4.69) is 77.7 Å². The zero-order valence-electron chi connectivity index (χ0n) is 20.3. The molecule has 2 atom stereocenters. The Balaban J connectivity index is 1.60. The minimum Gasteiger partial charge on any atom is -0.454 e. The van der Waals surface area contributed by atoms with Crippen LogP contribution in [0.1, 0.15) is 57.1 Å². The van der Waals surface area contributed by atoms with Crippen LogP contribution in [-0.4, -0.2) is 18.6 Å². The van der Waals surface area contributed by atoms with E-state index in [1.807, 2.05) is 30.3 Å². The van der Waals surface area contributed by atoms with Crippen molar-refractivity contribution < 1.29 is 9.53 Å². The summed E-state index contributed by atoms with van der Waals surface area (Å²) in [5, 5.41) is 2.65. The molecule has 178 valence electrons. The second-order valence-corrected chi connectivity index (χ2v) is 11.4. The lowest BCUT2D eigenvalue weighted by atomic mass is 9.72. The van der Waals surface area contributed by atoms with Crippen LogP contribution in [0.3, 0.4) is 0 Å². The molecule has 0 spiro atoms. The SMILES string of the molecule is CCCCCC1(C)C2=C3C=C(c4ccccc4)C(=O)OC3CCN2c2ccc3cc(I)ccc3c21. The molecule has 3 aliphatic heterocycles. The summed E-state index contributed by atoms with van der Waals surface area (Å²) in [6, 6.07) is 21.3. The molecule has 35 heavy (non-hydrogen) atoms. The van der Waals surface area contributed by atoms with Gasteiger partial charge in [0.05, 0.1) is 5.57 Å². The van der Waals surface area contributed by atoms with Crippen LogP contribution in [0.4, 0.5) is 5.69 Å². The molecule has 3 nitrogen and oxygen atoms in total. The van der Waals surface area contributed by atoms with E-state index in [0.29, 0.717) is 5.57 Å². The number of allylic oxidation sites excluding steroid dienone is 1. The maximum atomic E-state index is 13.0. The van der Waals surface area contributed by atoms with E-state index in [1.165, 1.54) is 56.1 Å². The number of hydrogen-bond acceptors (Lipinski definition) is 3. The topological polar surface area (TPSA) is 29.5 Å². The number of carbonyl (C=O) groups excluding carboxylic acids is 1. The van der Waals surface area contributed by atoms with Crippen molar-refractivity contribution in [3.8, 4) is 0 Å². The van der Waals surface area contributed by atoms with Gasteiger partial charge in [0.15, 0.2) is 0 Å². The van der Waals surface area contributed by atoms with E-state index in [9.17, 15) is 4.79 Å². The number of halogens is 1. The first-order chi connectivity index (χ1) is 17.0. The Labute approximate surface area is 221 Å². The lowest BCUT2D eigenvalue weighted by Gasteiger charge is -2.40. The number of fused-ring (bicyclic) bond motifs is 6. The molecule has 0 saturated carbocycles. The van der Waals surface area contributed by atoms with E-state index < -0.39 is 0 Å². The fraction of sp³-hybridized carbons (Fsp3) is 0.323. The molecule has 0 bridgehead atoms. The maximum Gasteiger partial charge on any atom is 0.339 e. The summed E-state index contributed by atoms with van der Waals surface area (Å²) >= 11 is 2.40. The highest BCUT2D eigenvalue weighted by Gasteiger charge is 2.49. The lowest BCUT2D eigenvalue weighted by Crippen LogP contribution is -2.41. The van der Waals surface area contributed by atoms with Crippen molar-refractivity contribution in [2.24, 2.45) is 0 Å². The molecule has 3 heterocycles. The molecule has 0 aliphatic carbocycles. The molecule has 4 heteroatoms. The Morgan fingerprint density at radius 1 is 1.09 bits per heavy atom. The van der Waals surface area contributed by atoms with Gasteiger partial charge in [-0.2, -0.15) is 0 Å². The largest absolute Gasteiger partial charge is 0.454 e. The number of unbranched alkanes of at least 4 members (excludes halogenated alkanes) is 2. The summed E-state index contributed by atoms with van der Waals surface area (Å²) in [7, 11) is 0. The molecule has 6 rings (SSSR count). The van der Waals surface area contributed by atoms with Crippen molar-refractivity contribution in [2.75, 3.05) is 11.4 Å². The molecule has 0 amide bonds. The molecule has 0 N–H and O–H groups in total. The number of esters is 1. The minimum atomic E-state index is -0.206. The Morgan fingerprint density at radius 2 is 1.91 bits per heavy atom. The highest BCUT2D eigenvalue weighted by atomic mass is 127. The highest BCUT2D eigenvalue weighted by molar-refractivity contribution is 14.1. The molecule has 0 saturated heterocycles. The van der Waals surface area contributed by atoms with Crippen LogP contribution in [0.2, 0.25) is 0 Å². The van der Waals surface area contributed by atoms with Crippen LogP contribution in [-0.2, 0) is 14.9 Å². The second-order valence-electron chi connectivity index (χ2n) is 10.2. The van der Waals surface area contributed by atoms with Gasteiger partial charge in [-0.05, 0) is 82.1 Å². The smallest absolute Gasteiger partial charge is 0.339 e. The zero-order valence-corrected chi connectivity index (χ0v) is 22.5. The summed E-state index contributed by atoms with van der Waals surface area (Å²) in [6.07, 6.45) is 7.47. The predicted molar refractivity (Wildman–Crippen MR) is 151 cm³/mol. The number of rotatable bonds is 5. The molecule has 3 aliphatic rings. The van der Waals surface area contributed by atoms with Crippen molar-refractivity contribution in [3.05, 3.63) is 92.7 Å². The second kappa shape index (κ2) is 8.81. The van der Waals surface area contributed by atoms with Gasteiger partial charge in [0, 0.05) is 38.9 Å². The third-order valence-corrected chi connectivity index (χ3v) is 8.64. The van der Waals surface area contributed by atoms with E-state index in [-0.39, 0.29) is 17.5 Å². The number of anilines is 1. The van der Waals surface area contributed by atoms with Gasteiger partial charge in [-0.25, -0.2) is 4.79 Å². The van der Waals surface area contributed by atoms with Gasteiger partial charge in [-0.15, -0.1) is 0 Å². The first-order valence-corrected chi connectivity index (χ1v) is 13.8. The normalized spacial score (nSPS) is 23.1. The molecule has 0 radical (unpaired) electrons. The van der Waals surface area contributed by atoms with Gasteiger partial charge in [-0.1, -0.05) is 68.7 Å². The van der Waals surface area contributed by atoms with Gasteiger partial charge in [0.25, 0.3) is 0 Å². The standard InChI is InChI=1S/C31H30INO2/c1-3-4-8-16-31(2)28-23-13-12-22(32)18-21(23)11-14-26(28)33-17-15-27-25(29(31)33)19-24(30(34)35-27)20-9-6-5-7-10-20/h5-7,9-14,18-19,27H,3-4,8,15-17H2,1-2H3. The summed E-state index contributed by atoms with van der Waals surface area (Å²) in [4.78, 5) is 15.5. The average Bonchev–Trinajstić information content (AvgIpc) is 3.13. The quantitative estimate of drug-likeness (QED) is 0.177. The number of ether oxygens (including phenoxy) is 1. The number of nitrogens with zero attached hydrogens (tertiary/aromatic N) is 1. The van der Waals surface area contributed by atoms with Gasteiger partial charge in [0.2, 0.25) is 0 Å². The van der Waals surface area contributed by atoms with Crippen LogP contribution in [0, 0.1) is 3.57 Å². The number of hydrogen-bond donors (Lipinski definition) is 0. The van der Waals surface area contributed by atoms with Gasteiger partial charge < -0.3 is 9.64 Å². The molecule has 0 fully saturated rings. The fourth-order valence-electron chi connectivity index (χ4n) is 6.37. The van der Waals surface area contributed by atoms with Crippen molar-refractivity contribution in [1.82, 2.24) is 0 Å². The first kappa shape index (κ1) is 22.8. The van der Waals surface area contributed by atoms with Crippen LogP contribution < -0.4 is 4.90 Å². The van der Waals surface area contributed by atoms with E-state index in [1.54, 1.807) is 0 Å². The average molecular weight is 575 g/mol. The Hall–Kier alpha value is -2.60. The van der Waals surface area contributed by atoms with Gasteiger partial charge in [-0.3, -0.25) is 0 Å². The number of benzene rings is 3. The molecular formula is C31H30INO2. The first-order valence-electron chi connectivity index (χ1n) is 12.7. The lowest BCUT2D eigenvalue weighted by molar-refractivity contribution is -0.141. The molecule has 2 unspecified atom stereocenters. The summed E-state index contributed by atoms with van der Waals surface area (Å²) < 4.78 is 7.35. The zero-order chi connectivity index (χ0) is 24.2. The fourth-order valence-corrected chi connectivity index (χ4v) is 6.89. The highest BCUT2D eigenvalue weighted by Crippen LogP contribution is 2.56. The summed E-state index contributed by atoms with van der Waals surface area (Å²) in [6.45, 7) is 5.57. The molecule has 3 aromatic rings. The van der Waals surface area contributed by atoms with Gasteiger partial charge in [0.1, 0.15) is 6.10 Å². The Morgan fingerprint density at radius 3 is 2.71 bits per heavy atom. The number of carbonyl (C=O) groups is 1. The summed E-state index contributed by atoms with van der Waals surface area (Å²) in [5.41, 5.74) is 6.74. The van der Waals surface area contributed by atoms with Crippen molar-refractivity contribution in [1.29, 1.82) is 0 Å². The minimum absolute atomic E-state index is 0.132. The maximum absolute atomic E-state index is 13.0. The van der Waals surface area contributed by atoms with Crippen LogP contribution in [0.25, 0.3) is 16.3 Å². The molecule has 3 aromatic carbocycles. The van der Waals surface area contributed by atoms with Crippen LogP contribution in [0.15, 0.2) is 78.0 Å². The van der Waals surface area contributed by atoms with Crippen LogP contribution in [0.5, 0.6) is 0 Å². The summed E-state index contributed by atoms with van der Waals surface area (Å²) in [5.74, 6) is -0.206. The van der Waals surface area contributed by atoms with E-state index in [0.717, 1.165) is 24.9 Å². The van der Waals surface area contributed by atoms with Crippen molar-refractivity contribution >= 4 is 50.6 Å². The Kier molecular flexibility index (Phi) is 5.75. The van der Waals surface area contributed by atoms with Crippen molar-refractivity contribution in [3.63, 3.8) is 0 Å². The van der Waals surface area contributed by atoms with Gasteiger partial charge >= 0.3 is 5.97 Å². The third kappa shape index (κ3) is 3.64. The Bertz CT molecular complexity index is 1390.